The van der Waals surface area contributed by atoms with Crippen molar-refractivity contribution in [2.75, 3.05) is 24.5 Å². The van der Waals surface area contributed by atoms with Gasteiger partial charge in [-0.05, 0) is 86.3 Å². The van der Waals surface area contributed by atoms with Crippen molar-refractivity contribution in [3.63, 3.8) is 0 Å². The van der Waals surface area contributed by atoms with Crippen LogP contribution in [0.1, 0.15) is 91.9 Å². The Morgan fingerprint density at radius 3 is 2.44 bits per heavy atom. The van der Waals surface area contributed by atoms with E-state index in [1.165, 1.54) is 16.7 Å². The van der Waals surface area contributed by atoms with E-state index >= 15 is 0 Å². The van der Waals surface area contributed by atoms with Gasteiger partial charge in [-0.2, -0.15) is 0 Å². The molecule has 0 amide bonds. The lowest BCUT2D eigenvalue weighted by atomic mass is 9.82. The summed E-state index contributed by atoms with van der Waals surface area (Å²) in [4.78, 5) is 34.4. The first-order chi connectivity index (χ1) is 21.2. The number of piperidine rings is 1. The van der Waals surface area contributed by atoms with E-state index in [9.17, 15) is 14.7 Å². The molecule has 240 valence electrons. The van der Waals surface area contributed by atoms with E-state index in [4.69, 9.17) is 27.9 Å². The minimum Gasteiger partial charge on any atom is -0.479 e. The number of nitrogens with zero attached hydrogens (tertiary/aromatic N) is 3. The van der Waals surface area contributed by atoms with Gasteiger partial charge in [-0.15, -0.1) is 0 Å². The van der Waals surface area contributed by atoms with E-state index in [1.54, 1.807) is 0 Å². The predicted molar refractivity (Wildman–Crippen MR) is 181 cm³/mol. The summed E-state index contributed by atoms with van der Waals surface area (Å²) >= 11 is 13.3. The van der Waals surface area contributed by atoms with Crippen LogP contribution in [0.3, 0.4) is 0 Å². The largest absolute Gasteiger partial charge is 0.479 e. The van der Waals surface area contributed by atoms with Gasteiger partial charge in [-0.25, -0.2) is 9.78 Å². The van der Waals surface area contributed by atoms with E-state index in [0.717, 1.165) is 61.3 Å². The van der Waals surface area contributed by atoms with Crippen molar-refractivity contribution >= 4 is 41.1 Å². The van der Waals surface area contributed by atoms with E-state index < -0.39 is 17.7 Å². The third kappa shape index (κ3) is 7.38. The molecule has 0 saturated carbocycles. The average Bonchev–Trinajstić information content (AvgIpc) is 2.97. The van der Waals surface area contributed by atoms with E-state index in [1.807, 2.05) is 39.0 Å². The van der Waals surface area contributed by atoms with Crippen molar-refractivity contribution in [2.45, 2.75) is 85.6 Å². The molecule has 1 atom stereocenters. The predicted octanol–water partition coefficient (Wildman–Crippen LogP) is 8.30. The Morgan fingerprint density at radius 1 is 1.11 bits per heavy atom. The third-order valence-corrected chi connectivity index (χ3v) is 9.65. The van der Waals surface area contributed by atoms with Crippen LogP contribution < -0.4 is 4.90 Å². The molecule has 1 saturated heterocycles. The quantitative estimate of drug-likeness (QED) is 0.194. The number of carbonyl (C=O) groups is 2. The minimum atomic E-state index is -1.37. The zero-order valence-corrected chi connectivity index (χ0v) is 28.6. The van der Waals surface area contributed by atoms with Gasteiger partial charge < -0.3 is 14.7 Å². The number of halogens is 2. The van der Waals surface area contributed by atoms with E-state index in [-0.39, 0.29) is 16.3 Å². The highest BCUT2D eigenvalue weighted by Crippen LogP contribution is 2.46. The van der Waals surface area contributed by atoms with Gasteiger partial charge in [-0.1, -0.05) is 67.4 Å². The molecule has 3 heterocycles. The summed E-state index contributed by atoms with van der Waals surface area (Å²) in [5.41, 5.74) is 6.64. The molecule has 0 aliphatic carbocycles. The molecule has 9 heteroatoms. The Morgan fingerprint density at radius 2 is 1.82 bits per heavy atom. The number of fused-ring (bicyclic) bond motifs is 1. The van der Waals surface area contributed by atoms with Crippen LogP contribution in [0.2, 0.25) is 10.2 Å². The van der Waals surface area contributed by atoms with Gasteiger partial charge in [0.05, 0.1) is 16.9 Å². The number of aliphatic carboxylic acids is 1. The molecule has 1 unspecified atom stereocenters. The van der Waals surface area contributed by atoms with Crippen LogP contribution in [-0.4, -0.2) is 52.5 Å². The van der Waals surface area contributed by atoms with Crippen molar-refractivity contribution in [1.29, 1.82) is 0 Å². The maximum atomic E-state index is 12.8. The summed E-state index contributed by atoms with van der Waals surface area (Å²) in [6, 6.07) is 12.3. The molecule has 1 aromatic heterocycles. The third-order valence-electron chi connectivity index (χ3n) is 9.01. The fourth-order valence-electron chi connectivity index (χ4n) is 6.42. The lowest BCUT2D eigenvalue weighted by molar-refractivity contribution is -0.160. The minimum absolute atomic E-state index is 0.0270. The fraction of sp³-hybridized carbons (Fsp3) is 0.472. The summed E-state index contributed by atoms with van der Waals surface area (Å²) in [5, 5.41) is 11.2. The lowest BCUT2D eigenvalue weighted by Crippen LogP contribution is -2.39. The maximum Gasteiger partial charge on any atom is 0.337 e. The highest BCUT2D eigenvalue weighted by molar-refractivity contribution is 6.31. The van der Waals surface area contributed by atoms with Crippen LogP contribution in [0.15, 0.2) is 36.4 Å². The van der Waals surface area contributed by atoms with Crippen molar-refractivity contribution in [3.05, 3.63) is 80.1 Å². The standard InChI is InChI=1S/C36H43Cl2N3O4/c1-22-8-7-9-27(37)26(22)20-40-15-12-23-18-24(10-11-25(23)19-40)29-28(21-42)39-33(38)30(32(34(43)44)45-35(2,3)4)31(29)41-16-13-36(5,6)14-17-41/h7-11,18,21,32H,12-17,19-20H2,1-6H3,(H,43,44). The van der Waals surface area contributed by atoms with Crippen LogP contribution in [-0.2, 0) is 29.0 Å². The summed E-state index contributed by atoms with van der Waals surface area (Å²) in [6.07, 6.45) is 2.00. The molecule has 2 aromatic carbocycles. The van der Waals surface area contributed by atoms with Crippen LogP contribution in [0.25, 0.3) is 11.1 Å². The first-order valence-electron chi connectivity index (χ1n) is 15.6. The van der Waals surface area contributed by atoms with Crippen molar-refractivity contribution in [3.8, 4) is 11.1 Å². The van der Waals surface area contributed by atoms with Gasteiger partial charge in [0.1, 0.15) is 10.8 Å². The number of aldehydes is 1. The van der Waals surface area contributed by atoms with Gasteiger partial charge in [0.25, 0.3) is 0 Å². The molecule has 1 fully saturated rings. The molecular formula is C36H43Cl2N3O4. The van der Waals surface area contributed by atoms with Gasteiger partial charge in [-0.3, -0.25) is 9.69 Å². The average molecular weight is 653 g/mol. The molecule has 2 aliphatic heterocycles. The molecule has 0 spiro atoms. The first kappa shape index (κ1) is 33.4. The smallest absolute Gasteiger partial charge is 0.337 e. The van der Waals surface area contributed by atoms with Crippen LogP contribution in [0, 0.1) is 12.3 Å². The van der Waals surface area contributed by atoms with Crippen molar-refractivity contribution < 1.29 is 19.4 Å². The molecular weight excluding hydrogens is 609 g/mol. The normalized spacial score (nSPS) is 17.6. The number of anilines is 1. The number of benzene rings is 2. The van der Waals surface area contributed by atoms with Crippen LogP contribution in [0.5, 0.6) is 0 Å². The van der Waals surface area contributed by atoms with Crippen molar-refractivity contribution in [2.24, 2.45) is 5.41 Å². The topological polar surface area (TPSA) is 83.0 Å². The second kappa shape index (κ2) is 13.0. The Balaban J connectivity index is 1.60. The molecule has 0 radical (unpaired) electrons. The number of aromatic nitrogens is 1. The molecule has 7 nitrogen and oxygen atoms in total. The second-order valence-electron chi connectivity index (χ2n) is 14.1. The van der Waals surface area contributed by atoms with E-state index in [0.29, 0.717) is 29.9 Å². The SMILES string of the molecule is Cc1cccc(Cl)c1CN1CCc2cc(-c3c(C=O)nc(Cl)c(C(OC(C)(C)C)C(=O)O)c3N3CCC(C)(C)CC3)ccc2C1. The lowest BCUT2D eigenvalue weighted by Gasteiger charge is -2.41. The number of carboxylic acids is 1. The first-order valence-corrected chi connectivity index (χ1v) is 16.4. The van der Waals surface area contributed by atoms with Gasteiger partial charge >= 0.3 is 5.97 Å². The monoisotopic (exact) mass is 651 g/mol. The highest BCUT2D eigenvalue weighted by Gasteiger charge is 2.37. The molecule has 5 rings (SSSR count). The Labute approximate surface area is 276 Å². The molecule has 2 aliphatic rings. The number of ether oxygens (including phenoxy) is 1. The Kier molecular flexibility index (Phi) is 9.67. The van der Waals surface area contributed by atoms with E-state index in [2.05, 4.69) is 53.8 Å². The zero-order chi connectivity index (χ0) is 32.7. The molecule has 3 aromatic rings. The van der Waals surface area contributed by atoms with Gasteiger partial charge in [0, 0.05) is 43.3 Å². The zero-order valence-electron chi connectivity index (χ0n) is 27.0. The fourth-order valence-corrected chi connectivity index (χ4v) is 6.98. The molecule has 1 N–H and O–H groups in total. The maximum absolute atomic E-state index is 12.8. The number of carbonyl (C=O) groups excluding carboxylic acids is 1. The van der Waals surface area contributed by atoms with Crippen LogP contribution in [0.4, 0.5) is 5.69 Å². The van der Waals surface area contributed by atoms with Gasteiger partial charge in [0.15, 0.2) is 12.4 Å². The summed E-state index contributed by atoms with van der Waals surface area (Å²) < 4.78 is 6.12. The highest BCUT2D eigenvalue weighted by atomic mass is 35.5. The number of aryl methyl sites for hydroxylation is 1. The summed E-state index contributed by atoms with van der Waals surface area (Å²) in [6.45, 7) is 15.8. The number of hydrogen-bond acceptors (Lipinski definition) is 6. The molecule has 0 bridgehead atoms. The second-order valence-corrected chi connectivity index (χ2v) is 14.9. The van der Waals surface area contributed by atoms with Crippen LogP contribution >= 0.6 is 23.2 Å². The summed E-state index contributed by atoms with van der Waals surface area (Å²) in [7, 11) is 0. The van der Waals surface area contributed by atoms with Crippen molar-refractivity contribution in [1.82, 2.24) is 9.88 Å². The Bertz CT molecular complexity index is 1580. The van der Waals surface area contributed by atoms with Gasteiger partial charge in [0.2, 0.25) is 0 Å². The Hall–Kier alpha value is -2.97. The number of hydrogen-bond donors (Lipinski definition) is 1. The number of pyridine rings is 1. The number of carboxylic acid groups (broad SMARTS) is 1. The number of rotatable bonds is 8. The summed E-state index contributed by atoms with van der Waals surface area (Å²) in [5.74, 6) is -1.16. The molecule has 45 heavy (non-hydrogen) atoms.